The van der Waals surface area contributed by atoms with E-state index >= 15 is 0 Å². The van der Waals surface area contributed by atoms with Gasteiger partial charge in [-0.1, -0.05) is 60.2 Å². The fourth-order valence-electron chi connectivity index (χ4n) is 3.48. The van der Waals surface area contributed by atoms with Crippen LogP contribution in [0.2, 0.25) is 0 Å². The molecule has 0 bridgehead atoms. The Kier molecular flexibility index (Phi) is 5.76. The van der Waals surface area contributed by atoms with Crippen molar-refractivity contribution < 1.29 is 9.59 Å². The van der Waals surface area contributed by atoms with E-state index in [2.05, 4.69) is 10.6 Å². The van der Waals surface area contributed by atoms with Gasteiger partial charge in [0.2, 0.25) is 0 Å². The van der Waals surface area contributed by atoms with E-state index in [1.165, 1.54) is 5.56 Å². The van der Waals surface area contributed by atoms with Gasteiger partial charge in [0.25, 0.3) is 11.8 Å². The second kappa shape index (κ2) is 8.79. The first-order chi connectivity index (χ1) is 15.0. The minimum Gasteiger partial charge on any atom is -0.355 e. The third-order valence-electron chi connectivity index (χ3n) is 5.18. The zero-order valence-electron chi connectivity index (χ0n) is 17.5. The van der Waals surface area contributed by atoms with Gasteiger partial charge < -0.3 is 10.6 Å². The number of aryl methyl sites for hydroxylation is 1. The first kappa shape index (κ1) is 20.3. The highest BCUT2D eigenvalue weighted by Gasteiger charge is 2.14. The van der Waals surface area contributed by atoms with E-state index in [4.69, 9.17) is 4.98 Å². The van der Waals surface area contributed by atoms with E-state index in [1.807, 2.05) is 73.7 Å². The van der Waals surface area contributed by atoms with Gasteiger partial charge in [0.05, 0.1) is 16.8 Å². The van der Waals surface area contributed by atoms with Crippen molar-refractivity contribution in [2.45, 2.75) is 13.5 Å². The normalized spacial score (nSPS) is 10.6. The Labute approximate surface area is 181 Å². The zero-order valence-corrected chi connectivity index (χ0v) is 17.5. The minimum atomic E-state index is -0.183. The second-order valence-corrected chi connectivity index (χ2v) is 7.40. The fraction of sp³-hybridized carbons (Fsp3) is 0.115. The predicted octanol–water partition coefficient (Wildman–Crippen LogP) is 4.50. The summed E-state index contributed by atoms with van der Waals surface area (Å²) in [7, 11) is 1.59. The van der Waals surface area contributed by atoms with Crippen molar-refractivity contribution in [3.63, 3.8) is 0 Å². The van der Waals surface area contributed by atoms with E-state index in [9.17, 15) is 9.59 Å². The molecule has 4 aromatic rings. The van der Waals surface area contributed by atoms with Gasteiger partial charge in [-0.3, -0.25) is 9.59 Å². The zero-order chi connectivity index (χ0) is 21.8. The van der Waals surface area contributed by atoms with Crippen molar-refractivity contribution in [3.8, 4) is 11.3 Å². The lowest BCUT2D eigenvalue weighted by Gasteiger charge is -2.11. The van der Waals surface area contributed by atoms with Crippen LogP contribution >= 0.6 is 0 Å². The van der Waals surface area contributed by atoms with Crippen LogP contribution < -0.4 is 10.6 Å². The van der Waals surface area contributed by atoms with Crippen LogP contribution in [0.15, 0.2) is 78.9 Å². The Bertz CT molecular complexity index is 1260. The van der Waals surface area contributed by atoms with Crippen LogP contribution in [-0.2, 0) is 6.54 Å². The molecule has 0 atom stereocenters. The summed E-state index contributed by atoms with van der Waals surface area (Å²) in [6.07, 6.45) is 0. The van der Waals surface area contributed by atoms with Crippen LogP contribution in [0.1, 0.15) is 31.8 Å². The van der Waals surface area contributed by atoms with Gasteiger partial charge in [0.1, 0.15) is 0 Å². The summed E-state index contributed by atoms with van der Waals surface area (Å²) in [5, 5.41) is 6.39. The van der Waals surface area contributed by atoms with Gasteiger partial charge in [-0.05, 0) is 36.8 Å². The van der Waals surface area contributed by atoms with Crippen molar-refractivity contribution in [2.75, 3.05) is 7.05 Å². The average molecular weight is 409 g/mol. The number of benzene rings is 3. The summed E-state index contributed by atoms with van der Waals surface area (Å²) < 4.78 is 0. The third-order valence-corrected chi connectivity index (χ3v) is 5.18. The van der Waals surface area contributed by atoms with E-state index in [1.54, 1.807) is 19.2 Å². The number of carbonyl (C=O) groups excluding carboxylic acids is 2. The summed E-state index contributed by atoms with van der Waals surface area (Å²) in [6.45, 7) is 2.36. The number of rotatable bonds is 5. The molecule has 1 aromatic heterocycles. The quantitative estimate of drug-likeness (QED) is 0.510. The van der Waals surface area contributed by atoms with Gasteiger partial charge in [-0.25, -0.2) is 4.98 Å². The number of pyridine rings is 1. The number of nitrogens with one attached hydrogen (secondary N) is 2. The molecule has 1 heterocycles. The van der Waals surface area contributed by atoms with Crippen LogP contribution in [0.5, 0.6) is 0 Å². The summed E-state index contributed by atoms with van der Waals surface area (Å²) >= 11 is 0. The molecule has 5 nitrogen and oxygen atoms in total. The van der Waals surface area contributed by atoms with Crippen molar-refractivity contribution >= 4 is 22.7 Å². The molecule has 154 valence electrons. The number of hydrogen-bond donors (Lipinski definition) is 2. The van der Waals surface area contributed by atoms with E-state index in [0.29, 0.717) is 17.7 Å². The highest BCUT2D eigenvalue weighted by atomic mass is 16.2. The molecular formula is C26H23N3O2. The van der Waals surface area contributed by atoms with Crippen molar-refractivity contribution in [1.82, 2.24) is 15.6 Å². The van der Waals surface area contributed by atoms with E-state index < -0.39 is 0 Å². The molecule has 2 N–H and O–H groups in total. The van der Waals surface area contributed by atoms with Gasteiger partial charge in [0.15, 0.2) is 0 Å². The van der Waals surface area contributed by atoms with E-state index in [-0.39, 0.29) is 11.8 Å². The Morgan fingerprint density at radius 1 is 0.871 bits per heavy atom. The monoisotopic (exact) mass is 409 g/mol. The standard InChI is InChI=1S/C26H23N3O2/c1-17-10-12-19(13-11-17)24-15-22(21-8-3-4-9-23(21)29-24)26(31)28-16-18-6-5-7-20(14-18)25(30)27-2/h3-15H,16H2,1-2H3,(H,27,30)(H,28,31). The summed E-state index contributed by atoms with van der Waals surface area (Å²) in [6, 6.07) is 24.8. The first-order valence-electron chi connectivity index (χ1n) is 10.1. The number of aromatic nitrogens is 1. The van der Waals surface area contributed by atoms with Crippen LogP contribution in [-0.4, -0.2) is 23.8 Å². The molecule has 4 rings (SSSR count). The molecule has 0 aliphatic rings. The molecular weight excluding hydrogens is 386 g/mol. The number of hydrogen-bond acceptors (Lipinski definition) is 3. The summed E-state index contributed by atoms with van der Waals surface area (Å²) in [4.78, 5) is 29.7. The second-order valence-electron chi connectivity index (χ2n) is 7.40. The maximum Gasteiger partial charge on any atom is 0.252 e. The van der Waals surface area contributed by atoms with Crippen LogP contribution in [0.25, 0.3) is 22.2 Å². The van der Waals surface area contributed by atoms with Crippen LogP contribution in [0.3, 0.4) is 0 Å². The predicted molar refractivity (Wildman–Crippen MR) is 123 cm³/mol. The molecule has 2 amide bonds. The Balaban J connectivity index is 1.64. The van der Waals surface area contributed by atoms with Crippen molar-refractivity contribution in [1.29, 1.82) is 0 Å². The van der Waals surface area contributed by atoms with Gasteiger partial charge in [-0.15, -0.1) is 0 Å². The number of amides is 2. The molecule has 0 fully saturated rings. The maximum absolute atomic E-state index is 13.1. The molecule has 0 spiro atoms. The number of para-hydroxylation sites is 1. The Morgan fingerprint density at radius 3 is 2.42 bits per heavy atom. The molecule has 5 heteroatoms. The first-order valence-corrected chi connectivity index (χ1v) is 10.1. The summed E-state index contributed by atoms with van der Waals surface area (Å²) in [5.41, 5.74) is 5.64. The summed E-state index contributed by atoms with van der Waals surface area (Å²) in [5.74, 6) is -0.339. The number of fused-ring (bicyclic) bond motifs is 1. The number of carbonyl (C=O) groups is 2. The largest absolute Gasteiger partial charge is 0.355 e. The van der Waals surface area contributed by atoms with Gasteiger partial charge in [-0.2, -0.15) is 0 Å². The molecule has 31 heavy (non-hydrogen) atoms. The SMILES string of the molecule is CNC(=O)c1cccc(CNC(=O)c2cc(-c3ccc(C)cc3)nc3ccccc23)c1. The topological polar surface area (TPSA) is 71.1 Å². The molecule has 3 aromatic carbocycles. The lowest BCUT2D eigenvalue weighted by Crippen LogP contribution is -2.24. The molecule has 0 radical (unpaired) electrons. The van der Waals surface area contributed by atoms with Crippen LogP contribution in [0, 0.1) is 6.92 Å². The average Bonchev–Trinajstić information content (AvgIpc) is 2.82. The molecule has 0 saturated carbocycles. The molecule has 0 saturated heterocycles. The lowest BCUT2D eigenvalue weighted by molar-refractivity contribution is 0.0950. The van der Waals surface area contributed by atoms with Crippen LogP contribution in [0.4, 0.5) is 0 Å². The van der Waals surface area contributed by atoms with Crippen molar-refractivity contribution in [2.24, 2.45) is 0 Å². The maximum atomic E-state index is 13.1. The van der Waals surface area contributed by atoms with Gasteiger partial charge in [0, 0.05) is 30.1 Å². The molecule has 0 unspecified atom stereocenters. The fourth-order valence-corrected chi connectivity index (χ4v) is 3.48. The lowest BCUT2D eigenvalue weighted by atomic mass is 10.0. The van der Waals surface area contributed by atoms with E-state index in [0.717, 1.165) is 27.7 Å². The van der Waals surface area contributed by atoms with Crippen molar-refractivity contribution in [3.05, 3.63) is 101 Å². The molecule has 0 aliphatic heterocycles. The molecule has 0 aliphatic carbocycles. The number of nitrogens with zero attached hydrogens (tertiary/aromatic N) is 1. The van der Waals surface area contributed by atoms with Gasteiger partial charge >= 0.3 is 0 Å². The highest BCUT2D eigenvalue weighted by Crippen LogP contribution is 2.25. The third kappa shape index (κ3) is 4.46. The smallest absolute Gasteiger partial charge is 0.252 e. The highest BCUT2D eigenvalue weighted by molar-refractivity contribution is 6.07. The minimum absolute atomic E-state index is 0.156. The Hall–Kier alpha value is -3.99. The Morgan fingerprint density at radius 2 is 1.65 bits per heavy atom.